The molecule has 2 aliphatic carbocycles. The number of nitrogens with zero attached hydrogens (tertiary/aromatic N) is 1. The number of ether oxygens (including phenoxy) is 5. The van der Waals surface area contributed by atoms with Gasteiger partial charge < -0.3 is 39.0 Å². The van der Waals surface area contributed by atoms with Gasteiger partial charge in [0.25, 0.3) is 5.91 Å². The van der Waals surface area contributed by atoms with Crippen molar-refractivity contribution in [1.82, 2.24) is 10.2 Å². The number of nitrogens with one attached hydrogen (secondary N) is 1. The zero-order valence-corrected chi connectivity index (χ0v) is 26.2. The number of benzene rings is 2. The van der Waals surface area contributed by atoms with Gasteiger partial charge >= 0.3 is 17.9 Å². The monoisotopic (exact) mass is 634 g/mol. The first-order chi connectivity index (χ1) is 22.0. The summed E-state index contributed by atoms with van der Waals surface area (Å²) in [6.45, 7) is 3.22. The molecule has 1 fully saturated rings. The van der Waals surface area contributed by atoms with E-state index in [1.165, 1.54) is 13.8 Å². The Labute approximate surface area is 266 Å². The number of amides is 1. The third-order valence-electron chi connectivity index (χ3n) is 9.67. The van der Waals surface area contributed by atoms with Crippen LogP contribution >= 0.6 is 0 Å². The van der Waals surface area contributed by atoms with Crippen LogP contribution in [0.1, 0.15) is 55.9 Å². The lowest BCUT2D eigenvalue weighted by Crippen LogP contribution is -2.74. The molecule has 4 aliphatic rings. The third kappa shape index (κ3) is 5.09. The van der Waals surface area contributed by atoms with Crippen molar-refractivity contribution < 1.29 is 48.0 Å². The van der Waals surface area contributed by atoms with Crippen molar-refractivity contribution in [3.63, 3.8) is 0 Å². The zero-order chi connectivity index (χ0) is 32.8. The highest BCUT2D eigenvalue weighted by Crippen LogP contribution is 2.65. The van der Waals surface area contributed by atoms with Crippen LogP contribution in [0.15, 0.2) is 54.3 Å². The van der Waals surface area contributed by atoms with E-state index in [0.29, 0.717) is 29.9 Å². The van der Waals surface area contributed by atoms with E-state index in [4.69, 9.17) is 23.7 Å². The predicted molar refractivity (Wildman–Crippen MR) is 162 cm³/mol. The first-order valence-corrected chi connectivity index (χ1v) is 15.4. The molecule has 0 radical (unpaired) electrons. The quantitative estimate of drug-likeness (QED) is 0.293. The Balaban J connectivity index is 1.10. The summed E-state index contributed by atoms with van der Waals surface area (Å²) in [5.74, 6) is -1.39. The van der Waals surface area contributed by atoms with Crippen LogP contribution in [-0.4, -0.2) is 84.9 Å². The van der Waals surface area contributed by atoms with Gasteiger partial charge in [0.2, 0.25) is 6.10 Å². The summed E-state index contributed by atoms with van der Waals surface area (Å²) in [6.07, 6.45) is -0.239. The number of carbonyl (C=O) groups excluding carboxylic acids is 4. The van der Waals surface area contributed by atoms with Crippen molar-refractivity contribution in [2.45, 2.75) is 74.9 Å². The second-order valence-corrected chi connectivity index (χ2v) is 12.3. The van der Waals surface area contributed by atoms with Crippen LogP contribution in [0.3, 0.4) is 0 Å². The highest BCUT2D eigenvalue weighted by molar-refractivity contribution is 5.85. The second-order valence-electron chi connectivity index (χ2n) is 12.3. The normalized spacial score (nSPS) is 26.8. The largest absolute Gasteiger partial charge is 0.493 e. The number of hydrogen-bond donors (Lipinski definition) is 2. The van der Waals surface area contributed by atoms with E-state index in [0.717, 1.165) is 17.7 Å². The Morgan fingerprint density at radius 1 is 1.13 bits per heavy atom. The average Bonchev–Trinajstić information content (AvgIpc) is 3.39. The third-order valence-corrected chi connectivity index (χ3v) is 9.67. The van der Waals surface area contributed by atoms with Gasteiger partial charge in [-0.05, 0) is 51.1 Å². The summed E-state index contributed by atoms with van der Waals surface area (Å²) in [7, 11) is 3.57. The Morgan fingerprint density at radius 2 is 1.89 bits per heavy atom. The number of methoxy groups -OCH3 is 1. The Hall–Kier alpha value is -4.42. The number of aliphatic hydroxyl groups is 1. The van der Waals surface area contributed by atoms with Gasteiger partial charge in [-0.25, -0.2) is 4.79 Å². The Bertz CT molecular complexity index is 1590. The zero-order valence-electron chi connectivity index (χ0n) is 26.2. The minimum Gasteiger partial charge on any atom is -0.493 e. The molecular formula is C34H38N2O10. The molecule has 2 aliphatic heterocycles. The van der Waals surface area contributed by atoms with E-state index in [-0.39, 0.29) is 31.2 Å². The summed E-state index contributed by atoms with van der Waals surface area (Å²) in [4.78, 5) is 52.3. The van der Waals surface area contributed by atoms with Crippen molar-refractivity contribution in [2.75, 3.05) is 27.2 Å². The standard InChI is InChI=1S/C34H38N2O10/c1-19(43-26(38)13-16-35-31(39)28(44-20(2)37)21-8-6-5-7-9-21)32(40)45-24-12-14-34(41)25-18-22-10-11-23(42-4)29-27(22)33(34,30(24)46-29)15-17-36(25)3/h5-12,19,25,28,30,41H,13-18H2,1-4H3,(H,35,39)/t19-,25-,28-,30-,33-,34+/m0/s1. The number of likely N-dealkylation sites (tertiary alicyclic amines) is 1. The fourth-order valence-corrected chi connectivity index (χ4v) is 7.54. The summed E-state index contributed by atoms with van der Waals surface area (Å²) in [5.41, 5.74) is 0.480. The molecule has 1 amide bonds. The van der Waals surface area contributed by atoms with Crippen LogP contribution in [0.2, 0.25) is 0 Å². The first kappa shape index (κ1) is 31.6. The number of piperidine rings is 1. The van der Waals surface area contributed by atoms with Gasteiger partial charge in [0.15, 0.2) is 23.7 Å². The van der Waals surface area contributed by atoms with Crippen molar-refractivity contribution in [3.05, 3.63) is 71.0 Å². The van der Waals surface area contributed by atoms with Gasteiger partial charge in [-0.1, -0.05) is 36.4 Å². The maximum Gasteiger partial charge on any atom is 0.352 e. The lowest BCUT2D eigenvalue weighted by molar-refractivity contribution is -0.175. The fraction of sp³-hybridized carbons (Fsp3) is 0.471. The molecule has 6 rings (SSSR count). The number of likely N-dealkylation sites (N-methyl/N-ethyl adjacent to an activating group) is 1. The maximum atomic E-state index is 13.2. The lowest BCUT2D eigenvalue weighted by Gasteiger charge is -2.61. The summed E-state index contributed by atoms with van der Waals surface area (Å²) in [5, 5.41) is 14.9. The lowest BCUT2D eigenvalue weighted by atomic mass is 9.50. The van der Waals surface area contributed by atoms with Crippen LogP contribution in [0.4, 0.5) is 0 Å². The van der Waals surface area contributed by atoms with Gasteiger partial charge in [0.05, 0.1) is 24.5 Å². The highest BCUT2D eigenvalue weighted by atomic mass is 16.6. The van der Waals surface area contributed by atoms with Gasteiger partial charge in [-0.15, -0.1) is 0 Å². The number of hydrogen-bond acceptors (Lipinski definition) is 11. The molecule has 6 atom stereocenters. The van der Waals surface area contributed by atoms with Gasteiger partial charge in [0.1, 0.15) is 5.76 Å². The van der Waals surface area contributed by atoms with Crippen molar-refractivity contribution in [1.29, 1.82) is 0 Å². The summed E-state index contributed by atoms with van der Waals surface area (Å²) >= 11 is 0. The SMILES string of the molecule is COc1ccc2c3c1O[C@H]1C(OC(=O)[C@H](C)OC(=O)CCNC(=O)[C@@H](OC(C)=O)c4ccccc4)=CC[C@@]4(O)[C@H](C2)N(C)CC[C@]314. The number of carbonyl (C=O) groups is 4. The van der Waals surface area contributed by atoms with E-state index in [2.05, 4.69) is 10.2 Å². The molecule has 2 heterocycles. The average molecular weight is 635 g/mol. The van der Waals surface area contributed by atoms with Gasteiger partial charge in [-0.3, -0.25) is 14.4 Å². The minimum atomic E-state index is -1.26. The number of rotatable bonds is 10. The molecule has 12 heteroatoms. The van der Waals surface area contributed by atoms with Gasteiger partial charge in [0, 0.05) is 37.1 Å². The molecule has 2 aromatic carbocycles. The molecule has 2 aromatic rings. The maximum absolute atomic E-state index is 13.2. The van der Waals surface area contributed by atoms with E-state index in [9.17, 15) is 24.3 Å². The Morgan fingerprint density at radius 3 is 2.61 bits per heavy atom. The predicted octanol–water partition coefficient (Wildman–Crippen LogP) is 2.26. The molecule has 1 saturated heterocycles. The van der Waals surface area contributed by atoms with Crippen LogP contribution in [0, 0.1) is 0 Å². The second kappa shape index (κ2) is 12.1. The van der Waals surface area contributed by atoms with E-state index >= 15 is 0 Å². The minimum absolute atomic E-state index is 0.107. The van der Waals surface area contributed by atoms with Crippen molar-refractivity contribution in [2.24, 2.45) is 0 Å². The van der Waals surface area contributed by atoms with Crippen LogP contribution in [-0.2, 0) is 45.2 Å². The highest BCUT2D eigenvalue weighted by Gasteiger charge is 2.72. The molecule has 0 unspecified atom stereocenters. The van der Waals surface area contributed by atoms with Crippen LogP contribution < -0.4 is 14.8 Å². The molecule has 0 aromatic heterocycles. The van der Waals surface area contributed by atoms with Gasteiger partial charge in [-0.2, -0.15) is 0 Å². The summed E-state index contributed by atoms with van der Waals surface area (Å²) in [6, 6.07) is 12.2. The van der Waals surface area contributed by atoms with Crippen LogP contribution in [0.5, 0.6) is 11.5 Å². The van der Waals surface area contributed by atoms with E-state index in [1.54, 1.807) is 43.5 Å². The first-order valence-electron chi connectivity index (χ1n) is 15.4. The topological polar surface area (TPSA) is 150 Å². The fourth-order valence-electron chi connectivity index (χ4n) is 7.54. The Kier molecular flexibility index (Phi) is 8.28. The van der Waals surface area contributed by atoms with Crippen molar-refractivity contribution in [3.8, 4) is 11.5 Å². The smallest absolute Gasteiger partial charge is 0.352 e. The molecule has 2 bridgehead atoms. The molecule has 2 N–H and O–H groups in total. The molecule has 0 saturated carbocycles. The molecule has 12 nitrogen and oxygen atoms in total. The number of esters is 3. The molecule has 46 heavy (non-hydrogen) atoms. The molecule has 244 valence electrons. The van der Waals surface area contributed by atoms with E-state index < -0.39 is 53.1 Å². The van der Waals surface area contributed by atoms with Crippen LogP contribution in [0.25, 0.3) is 0 Å². The van der Waals surface area contributed by atoms with E-state index in [1.807, 2.05) is 19.2 Å². The van der Waals surface area contributed by atoms with Crippen molar-refractivity contribution >= 4 is 23.8 Å². The molecular weight excluding hydrogens is 596 g/mol. The summed E-state index contributed by atoms with van der Waals surface area (Å²) < 4.78 is 28.4. The molecule has 1 spiro atoms.